The minimum Gasteiger partial charge on any atom is -0.480 e. The van der Waals surface area contributed by atoms with Crippen LogP contribution in [0.25, 0.3) is 22.4 Å². The van der Waals surface area contributed by atoms with Gasteiger partial charge in [0.1, 0.15) is 17.3 Å². The number of carbonyl (C=O) groups is 1. The molecule has 1 aliphatic carbocycles. The minimum atomic E-state index is -0.903. The number of ether oxygens (including phenoxy) is 2. The summed E-state index contributed by atoms with van der Waals surface area (Å²) >= 11 is 1.83. The van der Waals surface area contributed by atoms with Gasteiger partial charge < -0.3 is 14.6 Å². The molecule has 0 saturated heterocycles. The van der Waals surface area contributed by atoms with Gasteiger partial charge in [-0.2, -0.15) is 5.10 Å². The lowest BCUT2D eigenvalue weighted by atomic mass is 9.82. The second-order valence-electron chi connectivity index (χ2n) is 9.28. The smallest absolute Gasteiger partial charge is 0.329 e. The van der Waals surface area contributed by atoms with Gasteiger partial charge in [0.15, 0.2) is 0 Å². The van der Waals surface area contributed by atoms with Crippen molar-refractivity contribution in [2.75, 3.05) is 32.2 Å². The van der Waals surface area contributed by atoms with Crippen LogP contribution in [0.15, 0.2) is 65.7 Å². The highest BCUT2D eigenvalue weighted by molar-refractivity contribution is 7.99. The average molecular weight is 509 g/mol. The van der Waals surface area contributed by atoms with Crippen molar-refractivity contribution in [1.82, 2.24) is 9.78 Å². The van der Waals surface area contributed by atoms with Crippen molar-refractivity contribution in [3.05, 3.63) is 60.7 Å². The largest absolute Gasteiger partial charge is 0.480 e. The van der Waals surface area contributed by atoms with Crippen molar-refractivity contribution in [3.8, 4) is 22.4 Å². The minimum absolute atomic E-state index is 0.208. The van der Waals surface area contributed by atoms with E-state index in [2.05, 4.69) is 59.3 Å². The zero-order valence-corrected chi connectivity index (χ0v) is 21.8. The fourth-order valence-corrected chi connectivity index (χ4v) is 5.88. The first-order valence-electron chi connectivity index (χ1n) is 12.9. The number of carboxylic acids is 1. The third-order valence-electron chi connectivity index (χ3n) is 6.66. The summed E-state index contributed by atoms with van der Waals surface area (Å²) in [6.07, 6.45) is 4.33. The fourth-order valence-electron chi connectivity index (χ4n) is 4.86. The van der Waals surface area contributed by atoms with E-state index >= 15 is 0 Å². The molecule has 4 rings (SSSR count). The maximum absolute atomic E-state index is 10.7. The Bertz CT molecular complexity index is 1080. The van der Waals surface area contributed by atoms with Crippen LogP contribution in [0.4, 0.5) is 0 Å². The van der Waals surface area contributed by atoms with Gasteiger partial charge in [0.2, 0.25) is 0 Å². The second kappa shape index (κ2) is 13.6. The number of rotatable bonds is 13. The third-order valence-corrected chi connectivity index (χ3v) is 7.72. The van der Waals surface area contributed by atoms with Crippen LogP contribution in [-0.4, -0.2) is 53.0 Å². The molecule has 1 saturated carbocycles. The van der Waals surface area contributed by atoms with E-state index in [1.807, 2.05) is 24.8 Å². The molecule has 0 amide bonds. The number of thioether (sulfide) groups is 1. The van der Waals surface area contributed by atoms with Crippen molar-refractivity contribution in [2.45, 2.75) is 44.2 Å². The Morgan fingerprint density at radius 3 is 2.25 bits per heavy atom. The molecule has 7 heteroatoms. The Kier molecular flexibility index (Phi) is 10.0. The van der Waals surface area contributed by atoms with Gasteiger partial charge in [0, 0.05) is 30.0 Å². The van der Waals surface area contributed by atoms with Crippen LogP contribution in [0, 0.1) is 11.8 Å². The molecule has 0 atom stereocenters. The molecular formula is C29H36N2O4S. The standard InChI is InChI=1S/C29H36N2O4S/c1-2-34-17-18-36-29-27(24-9-5-3-6-10-24)28(25-11-7-4-8-12-25)30-31(29)19-22-13-15-23(16-14-22)20-35-21-26(32)33/h3-12,22-23H,2,13-21H2,1H3,(H,32,33)/t22-,23-. The molecule has 192 valence electrons. The van der Waals surface area contributed by atoms with Crippen LogP contribution >= 0.6 is 11.8 Å². The molecular weight excluding hydrogens is 472 g/mol. The van der Waals surface area contributed by atoms with E-state index in [1.165, 1.54) is 16.2 Å². The maximum Gasteiger partial charge on any atom is 0.329 e. The summed E-state index contributed by atoms with van der Waals surface area (Å²) in [5, 5.41) is 15.2. The van der Waals surface area contributed by atoms with Crippen molar-refractivity contribution in [3.63, 3.8) is 0 Å². The molecule has 36 heavy (non-hydrogen) atoms. The van der Waals surface area contributed by atoms with E-state index in [1.54, 1.807) is 0 Å². The van der Waals surface area contributed by atoms with Gasteiger partial charge >= 0.3 is 5.97 Å². The molecule has 0 unspecified atom stereocenters. The fraction of sp³-hybridized carbons (Fsp3) is 0.448. The predicted octanol–water partition coefficient (Wildman–Crippen LogP) is 6.25. The van der Waals surface area contributed by atoms with Crippen LogP contribution in [0.2, 0.25) is 0 Å². The number of nitrogens with zero attached hydrogens (tertiary/aromatic N) is 2. The molecule has 0 aliphatic heterocycles. The summed E-state index contributed by atoms with van der Waals surface area (Å²) in [4.78, 5) is 10.7. The lowest BCUT2D eigenvalue weighted by molar-refractivity contribution is -0.142. The van der Waals surface area contributed by atoms with Gasteiger partial charge in [0.05, 0.1) is 13.2 Å². The van der Waals surface area contributed by atoms with Crippen LogP contribution < -0.4 is 0 Å². The summed E-state index contributed by atoms with van der Waals surface area (Å²) in [5.74, 6) is 0.957. The van der Waals surface area contributed by atoms with Gasteiger partial charge in [-0.15, -0.1) is 11.8 Å². The zero-order valence-electron chi connectivity index (χ0n) is 21.0. The Labute approximate surface area is 218 Å². The van der Waals surface area contributed by atoms with Crippen molar-refractivity contribution in [2.24, 2.45) is 11.8 Å². The van der Waals surface area contributed by atoms with Crippen LogP contribution in [0.1, 0.15) is 32.6 Å². The molecule has 1 aliphatic rings. The van der Waals surface area contributed by atoms with Gasteiger partial charge in [-0.05, 0) is 50.0 Å². The Hall–Kier alpha value is -2.61. The molecule has 6 nitrogen and oxygen atoms in total. The van der Waals surface area contributed by atoms with E-state index < -0.39 is 5.97 Å². The van der Waals surface area contributed by atoms with E-state index in [0.29, 0.717) is 25.0 Å². The van der Waals surface area contributed by atoms with Crippen molar-refractivity contribution in [1.29, 1.82) is 0 Å². The summed E-state index contributed by atoms with van der Waals surface area (Å²) < 4.78 is 13.2. The predicted molar refractivity (Wildman–Crippen MR) is 144 cm³/mol. The van der Waals surface area contributed by atoms with Crippen LogP contribution in [-0.2, 0) is 20.8 Å². The Morgan fingerprint density at radius 2 is 1.61 bits per heavy atom. The molecule has 0 radical (unpaired) electrons. The number of aromatic nitrogens is 2. The number of carboxylic acid groups (broad SMARTS) is 1. The van der Waals surface area contributed by atoms with E-state index in [9.17, 15) is 4.79 Å². The Morgan fingerprint density at radius 1 is 0.972 bits per heavy atom. The lowest BCUT2D eigenvalue weighted by Gasteiger charge is -2.28. The van der Waals surface area contributed by atoms with E-state index in [0.717, 1.165) is 55.8 Å². The molecule has 1 fully saturated rings. The topological polar surface area (TPSA) is 73.6 Å². The summed E-state index contributed by atoms with van der Waals surface area (Å²) in [6.45, 7) is 4.67. The van der Waals surface area contributed by atoms with Crippen molar-refractivity contribution < 1.29 is 19.4 Å². The van der Waals surface area contributed by atoms with E-state index in [4.69, 9.17) is 19.7 Å². The molecule has 0 bridgehead atoms. The number of hydrogen-bond acceptors (Lipinski definition) is 5. The summed E-state index contributed by atoms with van der Waals surface area (Å²) in [5.41, 5.74) is 4.53. The highest BCUT2D eigenvalue weighted by atomic mass is 32.2. The summed E-state index contributed by atoms with van der Waals surface area (Å²) in [7, 11) is 0. The van der Waals surface area contributed by atoms with E-state index in [-0.39, 0.29) is 6.61 Å². The first kappa shape index (κ1) is 26.5. The van der Waals surface area contributed by atoms with Crippen LogP contribution in [0.3, 0.4) is 0 Å². The number of aliphatic carboxylic acids is 1. The SMILES string of the molecule is CCOCCSc1c(-c2ccccc2)c(-c2ccccc2)nn1C[C@H]1CC[C@H](COCC(=O)O)CC1. The normalized spacial score (nSPS) is 17.8. The molecule has 1 aromatic heterocycles. The molecule has 1 heterocycles. The maximum atomic E-state index is 10.7. The quantitative estimate of drug-likeness (QED) is 0.217. The van der Waals surface area contributed by atoms with Gasteiger partial charge in [0.25, 0.3) is 0 Å². The third kappa shape index (κ3) is 7.21. The molecule has 1 N–H and O–H groups in total. The highest BCUT2D eigenvalue weighted by Crippen LogP contribution is 2.41. The number of benzene rings is 2. The Balaban J connectivity index is 1.57. The average Bonchev–Trinajstić information content (AvgIpc) is 3.26. The van der Waals surface area contributed by atoms with Gasteiger partial charge in [-0.25, -0.2) is 4.79 Å². The first-order valence-corrected chi connectivity index (χ1v) is 13.9. The monoisotopic (exact) mass is 508 g/mol. The molecule has 0 spiro atoms. The van der Waals surface area contributed by atoms with Crippen LogP contribution in [0.5, 0.6) is 0 Å². The van der Waals surface area contributed by atoms with Crippen molar-refractivity contribution >= 4 is 17.7 Å². The lowest BCUT2D eigenvalue weighted by Crippen LogP contribution is -2.23. The first-order chi connectivity index (χ1) is 17.7. The second-order valence-corrected chi connectivity index (χ2v) is 10.4. The number of hydrogen-bond donors (Lipinski definition) is 1. The van der Waals surface area contributed by atoms with Gasteiger partial charge in [-0.3, -0.25) is 4.68 Å². The summed E-state index contributed by atoms with van der Waals surface area (Å²) in [6, 6.07) is 21.0. The molecule has 2 aromatic carbocycles. The molecule has 3 aromatic rings. The van der Waals surface area contributed by atoms with Gasteiger partial charge in [-0.1, -0.05) is 60.7 Å². The highest BCUT2D eigenvalue weighted by Gasteiger charge is 2.26. The zero-order chi connectivity index (χ0) is 25.2.